The van der Waals surface area contributed by atoms with Crippen LogP contribution in [0.25, 0.3) is 0 Å². The van der Waals surface area contributed by atoms with Crippen molar-refractivity contribution in [3.8, 4) is 17.2 Å². The van der Waals surface area contributed by atoms with E-state index in [1.54, 1.807) is 0 Å². The van der Waals surface area contributed by atoms with Crippen LogP contribution in [0.15, 0.2) is 12.1 Å². The Balaban J connectivity index is 1.94. The first-order valence-electron chi connectivity index (χ1n) is 7.01. The van der Waals surface area contributed by atoms with Crippen LogP contribution in [-0.2, 0) is 15.9 Å². The van der Waals surface area contributed by atoms with Crippen molar-refractivity contribution in [1.29, 1.82) is 0 Å². The first kappa shape index (κ1) is 17.7. The van der Waals surface area contributed by atoms with Crippen molar-refractivity contribution < 1.29 is 45.2 Å². The summed E-state index contributed by atoms with van der Waals surface area (Å²) in [7, 11) is 0. The third-order valence-electron chi connectivity index (χ3n) is 3.68. The molecular formula is C14H20O9. The summed E-state index contributed by atoms with van der Waals surface area (Å²) in [5.41, 5.74) is 0.296. The maximum absolute atomic E-state index is 9.79. The molecule has 2 rings (SSSR count). The Kier molecular flexibility index (Phi) is 5.63. The predicted octanol–water partition coefficient (Wildman–Crippen LogP) is -1.84. The highest BCUT2D eigenvalue weighted by atomic mass is 16.7. The van der Waals surface area contributed by atoms with Crippen LogP contribution in [0.3, 0.4) is 0 Å². The van der Waals surface area contributed by atoms with Crippen molar-refractivity contribution in [3.05, 3.63) is 17.7 Å². The molecule has 1 aromatic carbocycles. The van der Waals surface area contributed by atoms with Crippen LogP contribution in [0.1, 0.15) is 5.56 Å². The van der Waals surface area contributed by atoms with Gasteiger partial charge in [0.25, 0.3) is 0 Å². The second-order valence-electron chi connectivity index (χ2n) is 5.29. The fourth-order valence-corrected chi connectivity index (χ4v) is 2.30. The minimum absolute atomic E-state index is 0.0551. The molecule has 0 spiro atoms. The number of aromatic hydroxyl groups is 3. The zero-order valence-corrected chi connectivity index (χ0v) is 12.1. The second kappa shape index (κ2) is 7.30. The first-order chi connectivity index (χ1) is 10.8. The lowest BCUT2D eigenvalue weighted by atomic mass is 9.99. The van der Waals surface area contributed by atoms with E-state index in [1.165, 1.54) is 6.07 Å². The predicted molar refractivity (Wildman–Crippen MR) is 74.9 cm³/mol. The zero-order chi connectivity index (χ0) is 17.1. The lowest BCUT2D eigenvalue weighted by Gasteiger charge is -2.39. The Morgan fingerprint density at radius 1 is 0.913 bits per heavy atom. The molecule has 0 saturated carbocycles. The molecule has 130 valence electrons. The normalized spacial score (nSPS) is 31.2. The molecule has 7 N–H and O–H groups in total. The quantitative estimate of drug-likeness (QED) is 0.243. The third-order valence-corrected chi connectivity index (χ3v) is 3.68. The van der Waals surface area contributed by atoms with E-state index < -0.39 is 48.8 Å². The standard InChI is InChI=1S/C14H20O9/c15-5-10-11(19)12(20)13(21)14(23-10)22-2-1-6-3-8(17)9(18)4-7(6)16/h3-4,10-21H,1-2,5H2/t10-,11-,12+,13-,14-/m1/s1. The Labute approximate surface area is 131 Å². The molecular weight excluding hydrogens is 312 g/mol. The van der Waals surface area contributed by atoms with Gasteiger partial charge in [-0.25, -0.2) is 0 Å². The number of aliphatic hydroxyl groups excluding tert-OH is 4. The van der Waals surface area contributed by atoms with Gasteiger partial charge in [-0.2, -0.15) is 0 Å². The maximum atomic E-state index is 9.79. The van der Waals surface area contributed by atoms with Gasteiger partial charge in [-0.15, -0.1) is 0 Å². The highest BCUT2D eigenvalue weighted by molar-refractivity contribution is 5.48. The molecule has 1 aliphatic rings. The molecule has 0 amide bonds. The summed E-state index contributed by atoms with van der Waals surface area (Å²) in [5.74, 6) is -1.09. The summed E-state index contributed by atoms with van der Waals surface area (Å²) in [5, 5.41) is 66.4. The smallest absolute Gasteiger partial charge is 0.186 e. The van der Waals surface area contributed by atoms with Gasteiger partial charge in [0.2, 0.25) is 0 Å². The highest BCUT2D eigenvalue weighted by Gasteiger charge is 2.43. The van der Waals surface area contributed by atoms with Crippen LogP contribution in [0, 0.1) is 0 Å². The Morgan fingerprint density at radius 3 is 2.22 bits per heavy atom. The second-order valence-corrected chi connectivity index (χ2v) is 5.29. The molecule has 0 aromatic heterocycles. The number of phenols is 3. The van der Waals surface area contributed by atoms with E-state index in [9.17, 15) is 30.6 Å². The van der Waals surface area contributed by atoms with Crippen molar-refractivity contribution >= 4 is 0 Å². The van der Waals surface area contributed by atoms with E-state index in [4.69, 9.17) is 14.6 Å². The largest absolute Gasteiger partial charge is 0.508 e. The minimum atomic E-state index is -1.53. The zero-order valence-electron chi connectivity index (χ0n) is 12.1. The van der Waals surface area contributed by atoms with Gasteiger partial charge in [0.15, 0.2) is 17.8 Å². The molecule has 1 aliphatic heterocycles. The molecule has 0 bridgehead atoms. The SMILES string of the molecule is OC[C@H]1O[C@@H](OCCc2cc(O)c(O)cc2O)[C@H](O)[C@@H](O)[C@@H]1O. The van der Waals surface area contributed by atoms with E-state index in [0.717, 1.165) is 6.07 Å². The summed E-state index contributed by atoms with van der Waals surface area (Å²) < 4.78 is 10.4. The number of benzene rings is 1. The van der Waals surface area contributed by atoms with Crippen LogP contribution in [0.2, 0.25) is 0 Å². The number of aliphatic hydroxyl groups is 4. The number of hydrogen-bond donors (Lipinski definition) is 7. The molecule has 1 heterocycles. The summed E-state index contributed by atoms with van der Waals surface area (Å²) in [6.45, 7) is -0.613. The van der Waals surface area contributed by atoms with Gasteiger partial charge in [-0.05, 0) is 12.5 Å². The molecule has 0 aliphatic carbocycles. The van der Waals surface area contributed by atoms with Crippen molar-refractivity contribution in [2.45, 2.75) is 37.1 Å². The molecule has 5 atom stereocenters. The number of hydrogen-bond acceptors (Lipinski definition) is 9. The summed E-state index contributed by atoms with van der Waals surface area (Å²) in [6, 6.07) is 2.15. The first-order valence-corrected chi connectivity index (χ1v) is 7.01. The van der Waals surface area contributed by atoms with Crippen molar-refractivity contribution in [2.24, 2.45) is 0 Å². The average molecular weight is 332 g/mol. The van der Waals surface area contributed by atoms with Gasteiger partial charge in [0, 0.05) is 11.6 Å². The summed E-state index contributed by atoms with van der Waals surface area (Å²) >= 11 is 0. The summed E-state index contributed by atoms with van der Waals surface area (Å²) in [6.07, 6.45) is -6.71. The molecule has 9 nitrogen and oxygen atoms in total. The Bertz CT molecular complexity index is 533. The van der Waals surface area contributed by atoms with Crippen LogP contribution in [0.5, 0.6) is 17.2 Å². The number of rotatable bonds is 5. The van der Waals surface area contributed by atoms with E-state index in [2.05, 4.69) is 0 Å². The third kappa shape index (κ3) is 3.83. The van der Waals surface area contributed by atoms with Gasteiger partial charge in [0.1, 0.15) is 30.2 Å². The van der Waals surface area contributed by atoms with E-state index in [0.29, 0.717) is 5.56 Å². The molecule has 1 saturated heterocycles. The van der Waals surface area contributed by atoms with Gasteiger partial charge < -0.3 is 45.2 Å². The highest BCUT2D eigenvalue weighted by Crippen LogP contribution is 2.32. The maximum Gasteiger partial charge on any atom is 0.186 e. The Morgan fingerprint density at radius 2 is 1.57 bits per heavy atom. The molecule has 9 heteroatoms. The lowest BCUT2D eigenvalue weighted by Crippen LogP contribution is -2.59. The summed E-state index contributed by atoms with van der Waals surface area (Å²) in [4.78, 5) is 0. The van der Waals surface area contributed by atoms with Crippen molar-refractivity contribution in [1.82, 2.24) is 0 Å². The molecule has 0 unspecified atom stereocenters. The van der Waals surface area contributed by atoms with E-state index in [1.807, 2.05) is 0 Å². The van der Waals surface area contributed by atoms with Gasteiger partial charge in [-0.1, -0.05) is 0 Å². The van der Waals surface area contributed by atoms with Crippen molar-refractivity contribution in [2.75, 3.05) is 13.2 Å². The van der Waals surface area contributed by atoms with Crippen LogP contribution < -0.4 is 0 Å². The molecule has 1 fully saturated rings. The minimum Gasteiger partial charge on any atom is -0.508 e. The average Bonchev–Trinajstić information content (AvgIpc) is 2.52. The van der Waals surface area contributed by atoms with Gasteiger partial charge in [-0.3, -0.25) is 0 Å². The lowest BCUT2D eigenvalue weighted by molar-refractivity contribution is -0.300. The Hall–Kier alpha value is -1.62. The molecule has 23 heavy (non-hydrogen) atoms. The van der Waals surface area contributed by atoms with Gasteiger partial charge >= 0.3 is 0 Å². The molecule has 0 radical (unpaired) electrons. The molecule has 1 aromatic rings. The van der Waals surface area contributed by atoms with Crippen LogP contribution in [-0.4, -0.2) is 79.7 Å². The van der Waals surface area contributed by atoms with Crippen molar-refractivity contribution in [3.63, 3.8) is 0 Å². The van der Waals surface area contributed by atoms with Gasteiger partial charge in [0.05, 0.1) is 13.2 Å². The monoisotopic (exact) mass is 332 g/mol. The van der Waals surface area contributed by atoms with E-state index >= 15 is 0 Å². The number of phenolic OH excluding ortho intramolecular Hbond substituents is 3. The number of ether oxygens (including phenoxy) is 2. The fourth-order valence-electron chi connectivity index (χ4n) is 2.30. The fraction of sp³-hybridized carbons (Fsp3) is 0.571. The topological polar surface area (TPSA) is 160 Å². The van der Waals surface area contributed by atoms with Crippen LogP contribution in [0.4, 0.5) is 0 Å². The van der Waals surface area contributed by atoms with Crippen LogP contribution >= 0.6 is 0 Å². The van der Waals surface area contributed by atoms with E-state index in [-0.39, 0.29) is 18.8 Å².